The number of carbonyl (C=O) groups is 2. The molecule has 0 aromatic rings. The van der Waals surface area contributed by atoms with E-state index in [0.29, 0.717) is 13.1 Å². The number of rotatable bonds is 13. The molecule has 0 saturated carbocycles. The average Bonchev–Trinajstić information content (AvgIpc) is 2.56. The van der Waals surface area contributed by atoms with Gasteiger partial charge < -0.3 is 29.9 Å². The van der Waals surface area contributed by atoms with Gasteiger partial charge in [-0.15, -0.1) is 0 Å². The van der Waals surface area contributed by atoms with Gasteiger partial charge in [0.05, 0.1) is 0 Å². The Kier molecular flexibility index (Phi) is 13.7. The maximum absolute atomic E-state index is 11.6. The van der Waals surface area contributed by atoms with Gasteiger partial charge in [0.2, 0.25) is 0 Å². The minimum absolute atomic E-state index is 0.352. The molecule has 0 saturated heterocycles. The highest BCUT2D eigenvalue weighted by molar-refractivity contribution is 5.67. The monoisotopic (exact) mass is 430 g/mol. The van der Waals surface area contributed by atoms with E-state index in [9.17, 15) is 9.59 Å². The van der Waals surface area contributed by atoms with Crippen LogP contribution in [0, 0.1) is 0 Å². The van der Waals surface area contributed by atoms with Gasteiger partial charge in [-0.2, -0.15) is 0 Å². The lowest BCUT2D eigenvalue weighted by molar-refractivity contribution is 0.0514. The van der Waals surface area contributed by atoms with Crippen molar-refractivity contribution in [3.8, 4) is 0 Å². The van der Waals surface area contributed by atoms with E-state index in [1.165, 1.54) is 0 Å². The molecule has 0 spiro atoms. The van der Waals surface area contributed by atoms with Gasteiger partial charge in [0.15, 0.2) is 0 Å². The SMILES string of the molecule is CN(CCCCN(C)CCCNC(=O)OC(C)(C)C)CCCNC(=O)OC(C)(C)C. The van der Waals surface area contributed by atoms with Gasteiger partial charge >= 0.3 is 12.2 Å². The third kappa shape index (κ3) is 19.8. The summed E-state index contributed by atoms with van der Waals surface area (Å²) in [7, 11) is 4.22. The molecule has 0 aromatic carbocycles. The Morgan fingerprint density at radius 3 is 1.23 bits per heavy atom. The van der Waals surface area contributed by atoms with Crippen molar-refractivity contribution in [3.05, 3.63) is 0 Å². The van der Waals surface area contributed by atoms with Crippen LogP contribution >= 0.6 is 0 Å². The standard InChI is InChI=1S/C22H46N4O4/c1-21(2,3)29-19(27)23-13-11-17-25(7)15-9-10-16-26(8)18-12-14-24-20(28)30-22(4,5)6/h9-18H2,1-8H3,(H,23,27)(H,24,28). The van der Waals surface area contributed by atoms with E-state index in [-0.39, 0.29) is 12.2 Å². The van der Waals surface area contributed by atoms with Crippen LogP contribution in [0.2, 0.25) is 0 Å². The number of hydrogen-bond acceptors (Lipinski definition) is 6. The fourth-order valence-corrected chi connectivity index (χ4v) is 2.69. The number of alkyl carbamates (subject to hydrolysis) is 2. The Morgan fingerprint density at radius 1 is 0.633 bits per heavy atom. The summed E-state index contributed by atoms with van der Waals surface area (Å²) < 4.78 is 10.4. The van der Waals surface area contributed by atoms with Crippen LogP contribution in [-0.4, -0.2) is 86.6 Å². The van der Waals surface area contributed by atoms with Crippen molar-refractivity contribution in [2.24, 2.45) is 0 Å². The first-order valence-electron chi connectivity index (χ1n) is 11.1. The molecule has 0 aromatic heterocycles. The first kappa shape index (κ1) is 28.5. The van der Waals surface area contributed by atoms with E-state index in [1.807, 2.05) is 41.5 Å². The Bertz CT molecular complexity index is 443. The maximum atomic E-state index is 11.6. The summed E-state index contributed by atoms with van der Waals surface area (Å²) in [4.78, 5) is 27.8. The highest BCUT2D eigenvalue weighted by atomic mass is 16.6. The number of nitrogens with zero attached hydrogens (tertiary/aromatic N) is 2. The summed E-state index contributed by atoms with van der Waals surface area (Å²) in [5.41, 5.74) is -0.911. The number of nitrogens with one attached hydrogen (secondary N) is 2. The first-order chi connectivity index (χ1) is 13.8. The zero-order chi connectivity index (χ0) is 23.2. The molecule has 0 rings (SSSR count). The second kappa shape index (κ2) is 14.5. The number of unbranched alkanes of at least 4 members (excludes halogenated alkanes) is 1. The van der Waals surface area contributed by atoms with Gasteiger partial charge in [-0.1, -0.05) is 0 Å². The largest absolute Gasteiger partial charge is 0.444 e. The van der Waals surface area contributed by atoms with Crippen molar-refractivity contribution in [1.29, 1.82) is 0 Å². The fraction of sp³-hybridized carbons (Fsp3) is 0.909. The molecule has 178 valence electrons. The smallest absolute Gasteiger partial charge is 0.407 e. The summed E-state index contributed by atoms with van der Waals surface area (Å²) in [6.07, 6.45) is 3.37. The van der Waals surface area contributed by atoms with E-state index in [0.717, 1.165) is 51.9 Å². The van der Waals surface area contributed by atoms with Crippen LogP contribution in [0.4, 0.5) is 9.59 Å². The van der Waals surface area contributed by atoms with Crippen LogP contribution in [0.1, 0.15) is 67.2 Å². The van der Waals surface area contributed by atoms with E-state index in [1.54, 1.807) is 0 Å². The summed E-state index contributed by atoms with van der Waals surface area (Å²) in [6.45, 7) is 16.4. The summed E-state index contributed by atoms with van der Waals surface area (Å²) in [5.74, 6) is 0. The average molecular weight is 431 g/mol. The fourth-order valence-electron chi connectivity index (χ4n) is 2.69. The highest BCUT2D eigenvalue weighted by Gasteiger charge is 2.16. The molecule has 0 bridgehead atoms. The van der Waals surface area contributed by atoms with Crippen LogP contribution in [-0.2, 0) is 9.47 Å². The van der Waals surface area contributed by atoms with Crippen LogP contribution in [0.5, 0.6) is 0 Å². The number of hydrogen-bond donors (Lipinski definition) is 2. The Labute approximate surface area is 184 Å². The van der Waals surface area contributed by atoms with Gasteiger partial charge in [0.25, 0.3) is 0 Å². The lowest BCUT2D eigenvalue weighted by atomic mass is 10.2. The quantitative estimate of drug-likeness (QED) is 0.436. The minimum atomic E-state index is -0.456. The van der Waals surface area contributed by atoms with Crippen molar-refractivity contribution < 1.29 is 19.1 Å². The molecule has 8 heteroatoms. The maximum Gasteiger partial charge on any atom is 0.407 e. The highest BCUT2D eigenvalue weighted by Crippen LogP contribution is 2.07. The van der Waals surface area contributed by atoms with Crippen LogP contribution in [0.25, 0.3) is 0 Å². The number of ether oxygens (including phenoxy) is 2. The third-order valence-electron chi connectivity index (χ3n) is 4.10. The second-order valence-corrected chi connectivity index (χ2v) is 9.88. The lowest BCUT2D eigenvalue weighted by Crippen LogP contribution is -2.34. The molecule has 0 aliphatic carbocycles. The summed E-state index contributed by atoms with van der Waals surface area (Å²) >= 11 is 0. The molecule has 0 atom stereocenters. The Hall–Kier alpha value is -1.54. The van der Waals surface area contributed by atoms with Gasteiger partial charge in [-0.3, -0.25) is 0 Å². The Balaban J connectivity index is 3.61. The molecule has 0 radical (unpaired) electrons. The van der Waals surface area contributed by atoms with Gasteiger partial charge in [0.1, 0.15) is 11.2 Å². The summed E-state index contributed by atoms with van der Waals surface area (Å²) in [6, 6.07) is 0. The minimum Gasteiger partial charge on any atom is -0.444 e. The lowest BCUT2D eigenvalue weighted by Gasteiger charge is -2.21. The molecule has 0 unspecified atom stereocenters. The van der Waals surface area contributed by atoms with Crippen molar-refractivity contribution in [3.63, 3.8) is 0 Å². The predicted octanol–water partition coefficient (Wildman–Crippen LogP) is 3.46. The molecule has 2 N–H and O–H groups in total. The third-order valence-corrected chi connectivity index (χ3v) is 4.10. The van der Waals surface area contributed by atoms with Crippen LogP contribution in [0.15, 0.2) is 0 Å². The second-order valence-electron chi connectivity index (χ2n) is 9.88. The molecule has 30 heavy (non-hydrogen) atoms. The molecule has 0 aliphatic rings. The number of amides is 2. The van der Waals surface area contributed by atoms with Gasteiger partial charge in [0, 0.05) is 13.1 Å². The molecule has 8 nitrogen and oxygen atoms in total. The Morgan fingerprint density at radius 2 is 0.933 bits per heavy atom. The normalized spacial score (nSPS) is 12.2. The first-order valence-corrected chi connectivity index (χ1v) is 11.1. The predicted molar refractivity (Wildman–Crippen MR) is 122 cm³/mol. The molecular formula is C22H46N4O4. The van der Waals surface area contributed by atoms with Crippen LogP contribution in [0.3, 0.4) is 0 Å². The topological polar surface area (TPSA) is 83.1 Å². The van der Waals surface area contributed by atoms with Crippen molar-refractivity contribution in [2.75, 3.05) is 53.4 Å². The van der Waals surface area contributed by atoms with Gasteiger partial charge in [-0.25, -0.2) is 9.59 Å². The molecular weight excluding hydrogens is 384 g/mol. The van der Waals surface area contributed by atoms with E-state index < -0.39 is 11.2 Å². The number of carbonyl (C=O) groups excluding carboxylic acids is 2. The zero-order valence-electron chi connectivity index (χ0n) is 20.6. The van der Waals surface area contributed by atoms with Gasteiger partial charge in [-0.05, 0) is 108 Å². The van der Waals surface area contributed by atoms with E-state index >= 15 is 0 Å². The van der Waals surface area contributed by atoms with E-state index in [4.69, 9.17) is 9.47 Å². The van der Waals surface area contributed by atoms with Crippen molar-refractivity contribution in [1.82, 2.24) is 20.4 Å². The zero-order valence-corrected chi connectivity index (χ0v) is 20.6. The summed E-state index contributed by atoms with van der Waals surface area (Å²) in [5, 5.41) is 5.58. The van der Waals surface area contributed by atoms with Crippen molar-refractivity contribution in [2.45, 2.75) is 78.4 Å². The van der Waals surface area contributed by atoms with Crippen LogP contribution < -0.4 is 10.6 Å². The molecule has 0 heterocycles. The molecule has 0 aliphatic heterocycles. The van der Waals surface area contributed by atoms with E-state index in [2.05, 4.69) is 34.5 Å². The molecule has 2 amide bonds. The molecule has 0 fully saturated rings. The van der Waals surface area contributed by atoms with Crippen molar-refractivity contribution >= 4 is 12.2 Å².